The Morgan fingerprint density at radius 1 is 1.21 bits per heavy atom. The van der Waals surface area contributed by atoms with Crippen LogP contribution >= 0.6 is 0 Å². The SMILES string of the molecule is CCC(=O)C1CC2c3nc4ccccc4cc3CN2C(=O)C1COC(=O)CN1CCOCC1. The Morgan fingerprint density at radius 2 is 2.00 bits per heavy atom. The Labute approximate surface area is 192 Å². The molecule has 5 rings (SSSR count). The minimum Gasteiger partial charge on any atom is -0.464 e. The molecule has 3 aliphatic rings. The highest BCUT2D eigenvalue weighted by atomic mass is 16.5. The molecule has 0 N–H and O–H groups in total. The minimum atomic E-state index is -0.647. The quantitative estimate of drug-likeness (QED) is 0.622. The molecular formula is C25H29N3O5. The van der Waals surface area contributed by atoms with Gasteiger partial charge in [-0.25, -0.2) is 0 Å². The highest BCUT2D eigenvalue weighted by molar-refractivity contribution is 5.91. The standard InChI is InChI=1S/C25H29N3O5/c1-2-22(29)18-12-21-24-17(11-16-5-3-4-6-20(16)26-24)13-28(21)25(31)19(18)15-33-23(30)14-27-7-9-32-10-8-27/h3-6,11,18-19,21H,2,7-10,12-15H2,1H3. The van der Waals surface area contributed by atoms with Crippen LogP contribution < -0.4 is 0 Å². The summed E-state index contributed by atoms with van der Waals surface area (Å²) >= 11 is 0. The van der Waals surface area contributed by atoms with Crippen molar-refractivity contribution in [2.24, 2.45) is 11.8 Å². The smallest absolute Gasteiger partial charge is 0.320 e. The van der Waals surface area contributed by atoms with Crippen molar-refractivity contribution >= 4 is 28.6 Å². The molecule has 1 aromatic carbocycles. The summed E-state index contributed by atoms with van der Waals surface area (Å²) in [5.41, 5.74) is 2.81. The molecule has 3 atom stereocenters. The summed E-state index contributed by atoms with van der Waals surface area (Å²) in [6.07, 6.45) is 0.864. The summed E-state index contributed by atoms with van der Waals surface area (Å²) in [7, 11) is 0. The molecule has 0 radical (unpaired) electrons. The number of carbonyl (C=O) groups is 3. The molecule has 0 bridgehead atoms. The molecule has 1 amide bonds. The molecule has 0 saturated carbocycles. The molecule has 3 unspecified atom stereocenters. The van der Waals surface area contributed by atoms with Crippen LogP contribution in [0.2, 0.25) is 0 Å². The third-order valence-corrected chi connectivity index (χ3v) is 7.07. The molecule has 4 heterocycles. The van der Waals surface area contributed by atoms with Gasteiger partial charge in [-0.1, -0.05) is 25.1 Å². The first kappa shape index (κ1) is 22.0. The normalized spacial score (nSPS) is 25.1. The molecule has 2 fully saturated rings. The van der Waals surface area contributed by atoms with Crippen LogP contribution in [-0.4, -0.2) is 71.9 Å². The molecule has 1 aromatic heterocycles. The second-order valence-electron chi connectivity index (χ2n) is 9.05. The van der Waals surface area contributed by atoms with Crippen LogP contribution in [0.15, 0.2) is 30.3 Å². The number of pyridine rings is 1. The summed E-state index contributed by atoms with van der Waals surface area (Å²) in [6, 6.07) is 9.79. The van der Waals surface area contributed by atoms with Crippen LogP contribution in [-0.2, 0) is 30.4 Å². The van der Waals surface area contributed by atoms with Gasteiger partial charge in [0.1, 0.15) is 12.4 Å². The number of hydrogen-bond donors (Lipinski definition) is 0. The Morgan fingerprint density at radius 3 is 2.79 bits per heavy atom. The number of para-hydroxylation sites is 1. The van der Waals surface area contributed by atoms with Crippen molar-refractivity contribution < 1.29 is 23.9 Å². The number of aromatic nitrogens is 1. The molecule has 0 spiro atoms. The van der Waals surface area contributed by atoms with Gasteiger partial charge in [-0.15, -0.1) is 0 Å². The molecule has 2 saturated heterocycles. The number of benzene rings is 1. The van der Waals surface area contributed by atoms with E-state index >= 15 is 0 Å². The Bertz CT molecular complexity index is 1080. The predicted molar refractivity (Wildman–Crippen MR) is 120 cm³/mol. The maximum absolute atomic E-state index is 13.5. The van der Waals surface area contributed by atoms with E-state index in [1.807, 2.05) is 41.0 Å². The van der Waals surface area contributed by atoms with Crippen molar-refractivity contribution in [1.29, 1.82) is 0 Å². The molecule has 33 heavy (non-hydrogen) atoms. The van der Waals surface area contributed by atoms with Crippen molar-refractivity contribution in [2.45, 2.75) is 32.4 Å². The van der Waals surface area contributed by atoms with Crippen LogP contribution in [0.25, 0.3) is 10.9 Å². The predicted octanol–water partition coefficient (Wildman–Crippen LogP) is 2.11. The van der Waals surface area contributed by atoms with Gasteiger partial charge >= 0.3 is 5.97 Å². The van der Waals surface area contributed by atoms with E-state index in [-0.39, 0.29) is 36.9 Å². The number of esters is 1. The number of Topliss-reactive ketones (excluding diaryl/α,β-unsaturated/α-hetero) is 1. The summed E-state index contributed by atoms with van der Waals surface area (Å²) in [5.74, 6) is -1.58. The van der Waals surface area contributed by atoms with Crippen molar-refractivity contribution in [3.63, 3.8) is 0 Å². The van der Waals surface area contributed by atoms with Crippen molar-refractivity contribution in [3.05, 3.63) is 41.6 Å². The zero-order valence-electron chi connectivity index (χ0n) is 18.9. The van der Waals surface area contributed by atoms with E-state index in [1.165, 1.54) is 0 Å². The molecular weight excluding hydrogens is 422 g/mol. The van der Waals surface area contributed by atoms with E-state index < -0.39 is 11.8 Å². The number of amides is 1. The third-order valence-electron chi connectivity index (χ3n) is 7.07. The summed E-state index contributed by atoms with van der Waals surface area (Å²) in [6.45, 7) is 4.96. The molecule has 8 nitrogen and oxygen atoms in total. The minimum absolute atomic E-state index is 0.0338. The Hall–Kier alpha value is -2.84. The van der Waals surface area contributed by atoms with E-state index in [9.17, 15) is 14.4 Å². The number of piperidine rings is 1. The van der Waals surface area contributed by atoms with Gasteiger partial charge in [0.2, 0.25) is 5.91 Å². The first-order chi connectivity index (χ1) is 16.0. The summed E-state index contributed by atoms with van der Waals surface area (Å²) in [4.78, 5) is 47.4. The van der Waals surface area contributed by atoms with Gasteiger partial charge in [0.15, 0.2) is 0 Å². The van der Waals surface area contributed by atoms with Crippen LogP contribution in [0.1, 0.15) is 37.1 Å². The maximum Gasteiger partial charge on any atom is 0.320 e. The highest BCUT2D eigenvalue weighted by Gasteiger charge is 2.49. The van der Waals surface area contributed by atoms with Gasteiger partial charge in [0.05, 0.1) is 42.9 Å². The zero-order chi connectivity index (χ0) is 22.9. The summed E-state index contributed by atoms with van der Waals surface area (Å²) in [5, 5.41) is 1.04. The van der Waals surface area contributed by atoms with E-state index in [0.717, 1.165) is 22.2 Å². The molecule has 8 heteroatoms. The van der Waals surface area contributed by atoms with Gasteiger partial charge in [-0.2, -0.15) is 0 Å². The largest absolute Gasteiger partial charge is 0.464 e. The van der Waals surface area contributed by atoms with Gasteiger partial charge in [-0.3, -0.25) is 24.3 Å². The first-order valence-electron chi connectivity index (χ1n) is 11.7. The number of rotatable bonds is 6. The fourth-order valence-corrected chi connectivity index (χ4v) is 5.27. The number of fused-ring (bicyclic) bond motifs is 4. The second kappa shape index (κ2) is 9.19. The van der Waals surface area contributed by atoms with Crippen LogP contribution in [0.4, 0.5) is 0 Å². The highest BCUT2D eigenvalue weighted by Crippen LogP contribution is 2.45. The number of nitrogens with zero attached hydrogens (tertiary/aromatic N) is 3. The van der Waals surface area contributed by atoms with E-state index in [1.54, 1.807) is 0 Å². The average molecular weight is 452 g/mol. The number of carbonyl (C=O) groups excluding carboxylic acids is 3. The average Bonchev–Trinajstić information content (AvgIpc) is 3.19. The van der Waals surface area contributed by atoms with Gasteiger partial charge < -0.3 is 14.4 Å². The lowest BCUT2D eigenvalue weighted by Gasteiger charge is -2.39. The maximum atomic E-state index is 13.5. The van der Waals surface area contributed by atoms with E-state index in [0.29, 0.717) is 45.7 Å². The lowest BCUT2D eigenvalue weighted by molar-refractivity contribution is -0.159. The number of hydrogen-bond acceptors (Lipinski definition) is 7. The number of morpholine rings is 1. The van der Waals surface area contributed by atoms with Crippen LogP contribution in [0.3, 0.4) is 0 Å². The van der Waals surface area contributed by atoms with Gasteiger partial charge in [0, 0.05) is 37.4 Å². The Balaban J connectivity index is 1.34. The van der Waals surface area contributed by atoms with Crippen LogP contribution in [0, 0.1) is 11.8 Å². The van der Waals surface area contributed by atoms with Crippen molar-refractivity contribution in [1.82, 2.24) is 14.8 Å². The molecule has 2 aromatic rings. The molecule has 174 valence electrons. The number of ketones is 1. The Kier molecular flexibility index (Phi) is 6.12. The second-order valence-corrected chi connectivity index (χ2v) is 9.05. The lowest BCUT2D eigenvalue weighted by Crippen LogP contribution is -2.49. The third kappa shape index (κ3) is 4.25. The van der Waals surface area contributed by atoms with E-state index in [2.05, 4.69) is 6.07 Å². The monoisotopic (exact) mass is 451 g/mol. The molecule has 0 aliphatic carbocycles. The lowest BCUT2D eigenvalue weighted by atomic mass is 9.78. The van der Waals surface area contributed by atoms with Crippen molar-refractivity contribution in [2.75, 3.05) is 39.5 Å². The summed E-state index contributed by atoms with van der Waals surface area (Å²) < 4.78 is 10.8. The van der Waals surface area contributed by atoms with Gasteiger partial charge in [0.25, 0.3) is 0 Å². The van der Waals surface area contributed by atoms with Gasteiger partial charge in [-0.05, 0) is 24.1 Å². The fourth-order valence-electron chi connectivity index (χ4n) is 5.27. The van der Waals surface area contributed by atoms with Crippen LogP contribution in [0.5, 0.6) is 0 Å². The first-order valence-corrected chi connectivity index (χ1v) is 11.7. The number of ether oxygens (including phenoxy) is 2. The zero-order valence-corrected chi connectivity index (χ0v) is 18.9. The fraction of sp³-hybridized carbons (Fsp3) is 0.520. The van der Waals surface area contributed by atoms with E-state index in [4.69, 9.17) is 14.5 Å². The van der Waals surface area contributed by atoms with Crippen molar-refractivity contribution in [3.8, 4) is 0 Å². The molecule has 3 aliphatic heterocycles. The topological polar surface area (TPSA) is 89.0 Å².